The third kappa shape index (κ3) is 4.31. The second kappa shape index (κ2) is 6.26. The van der Waals surface area contributed by atoms with Gasteiger partial charge in [0.2, 0.25) is 0 Å². The van der Waals surface area contributed by atoms with E-state index in [0.717, 1.165) is 6.07 Å². The van der Waals surface area contributed by atoms with Gasteiger partial charge in [-0.15, -0.1) is 0 Å². The summed E-state index contributed by atoms with van der Waals surface area (Å²) in [5, 5.41) is 0. The number of alkyl halides is 3. The molecule has 0 aliphatic carbocycles. The molecule has 0 bridgehead atoms. The Hall–Kier alpha value is -1.98. The standard InChI is InChI=1S/C13H13F3O3/c1-18-11-7-6-9(4-3-5-12(17)19-2)8-10(11)13(14,15)16/h3-4,6-8H,5H2,1-2H3. The van der Waals surface area contributed by atoms with Gasteiger partial charge in [-0.25, -0.2) is 0 Å². The molecule has 0 amide bonds. The van der Waals surface area contributed by atoms with E-state index < -0.39 is 17.7 Å². The lowest BCUT2D eigenvalue weighted by molar-refractivity contribution is -0.140. The number of carbonyl (C=O) groups excluding carboxylic acids is 1. The van der Waals surface area contributed by atoms with Gasteiger partial charge in [-0.1, -0.05) is 18.2 Å². The second-order valence-corrected chi connectivity index (χ2v) is 3.64. The summed E-state index contributed by atoms with van der Waals surface area (Å²) in [5.41, 5.74) is -0.521. The summed E-state index contributed by atoms with van der Waals surface area (Å²) in [6.45, 7) is 0. The molecule has 1 rings (SSSR count). The zero-order valence-corrected chi connectivity index (χ0v) is 10.5. The van der Waals surface area contributed by atoms with Gasteiger partial charge in [-0.3, -0.25) is 4.79 Å². The van der Waals surface area contributed by atoms with Crippen LogP contribution in [0.4, 0.5) is 13.2 Å². The van der Waals surface area contributed by atoms with Crippen LogP contribution in [-0.4, -0.2) is 20.2 Å². The van der Waals surface area contributed by atoms with Crippen LogP contribution in [0.25, 0.3) is 6.08 Å². The monoisotopic (exact) mass is 274 g/mol. The van der Waals surface area contributed by atoms with Crippen molar-refractivity contribution in [3.05, 3.63) is 35.4 Å². The third-order valence-corrected chi connectivity index (χ3v) is 2.35. The number of rotatable bonds is 4. The largest absolute Gasteiger partial charge is 0.496 e. The van der Waals surface area contributed by atoms with Crippen molar-refractivity contribution < 1.29 is 27.4 Å². The summed E-state index contributed by atoms with van der Waals surface area (Å²) in [5.74, 6) is -0.696. The topological polar surface area (TPSA) is 35.5 Å². The Morgan fingerprint density at radius 1 is 1.32 bits per heavy atom. The summed E-state index contributed by atoms with van der Waals surface area (Å²) in [6.07, 6.45) is -1.62. The van der Waals surface area contributed by atoms with Gasteiger partial charge in [-0.05, 0) is 17.7 Å². The molecule has 0 unspecified atom stereocenters. The molecule has 0 spiro atoms. The molecule has 6 heteroatoms. The molecule has 0 fully saturated rings. The lowest BCUT2D eigenvalue weighted by Crippen LogP contribution is -2.07. The average molecular weight is 274 g/mol. The molecule has 104 valence electrons. The van der Waals surface area contributed by atoms with Crippen molar-refractivity contribution >= 4 is 12.0 Å². The van der Waals surface area contributed by atoms with Crippen LogP contribution in [-0.2, 0) is 15.7 Å². The summed E-state index contributed by atoms with van der Waals surface area (Å²) in [7, 11) is 2.42. The van der Waals surface area contributed by atoms with E-state index >= 15 is 0 Å². The number of esters is 1. The third-order valence-electron chi connectivity index (χ3n) is 2.35. The maximum atomic E-state index is 12.7. The molecule has 0 atom stereocenters. The highest BCUT2D eigenvalue weighted by Crippen LogP contribution is 2.36. The highest BCUT2D eigenvalue weighted by atomic mass is 19.4. The van der Waals surface area contributed by atoms with Gasteiger partial charge in [-0.2, -0.15) is 13.2 Å². The van der Waals surface area contributed by atoms with E-state index in [0.29, 0.717) is 5.56 Å². The van der Waals surface area contributed by atoms with E-state index in [1.54, 1.807) is 0 Å². The van der Waals surface area contributed by atoms with Crippen molar-refractivity contribution in [3.63, 3.8) is 0 Å². The predicted molar refractivity (Wildman–Crippen MR) is 63.7 cm³/mol. The average Bonchev–Trinajstić information content (AvgIpc) is 2.37. The van der Waals surface area contributed by atoms with Crippen molar-refractivity contribution in [3.8, 4) is 5.75 Å². The van der Waals surface area contributed by atoms with Crippen molar-refractivity contribution in [2.45, 2.75) is 12.6 Å². The molecular weight excluding hydrogens is 261 g/mol. The van der Waals surface area contributed by atoms with Gasteiger partial charge < -0.3 is 9.47 Å². The Morgan fingerprint density at radius 3 is 2.53 bits per heavy atom. The quantitative estimate of drug-likeness (QED) is 0.790. The van der Waals surface area contributed by atoms with Crippen LogP contribution in [0.3, 0.4) is 0 Å². The van der Waals surface area contributed by atoms with E-state index in [1.807, 2.05) is 0 Å². The fraction of sp³-hybridized carbons (Fsp3) is 0.308. The molecule has 0 aliphatic rings. The van der Waals surface area contributed by atoms with Crippen LogP contribution >= 0.6 is 0 Å². The van der Waals surface area contributed by atoms with Gasteiger partial charge in [0.05, 0.1) is 26.2 Å². The second-order valence-electron chi connectivity index (χ2n) is 3.64. The fourth-order valence-corrected chi connectivity index (χ4v) is 1.43. The summed E-state index contributed by atoms with van der Waals surface area (Å²) < 4.78 is 47.3. The van der Waals surface area contributed by atoms with Crippen LogP contribution in [0.15, 0.2) is 24.3 Å². The van der Waals surface area contributed by atoms with E-state index in [9.17, 15) is 18.0 Å². The molecule has 3 nitrogen and oxygen atoms in total. The van der Waals surface area contributed by atoms with Crippen LogP contribution in [0.2, 0.25) is 0 Å². The number of methoxy groups -OCH3 is 2. The molecule has 0 heterocycles. The van der Waals surface area contributed by atoms with Crippen LogP contribution in [0, 0.1) is 0 Å². The summed E-state index contributed by atoms with van der Waals surface area (Å²) in [6, 6.07) is 3.68. The maximum Gasteiger partial charge on any atom is 0.419 e. The zero-order valence-electron chi connectivity index (χ0n) is 10.5. The lowest BCUT2D eigenvalue weighted by atomic mass is 10.1. The minimum atomic E-state index is -4.49. The van der Waals surface area contributed by atoms with E-state index in [-0.39, 0.29) is 12.2 Å². The number of benzene rings is 1. The SMILES string of the molecule is COC(=O)CC=Cc1ccc(OC)c(C(F)(F)F)c1. The van der Waals surface area contributed by atoms with Gasteiger partial charge in [0, 0.05) is 0 Å². The Bertz CT molecular complexity index is 479. The smallest absolute Gasteiger partial charge is 0.419 e. The summed E-state index contributed by atoms with van der Waals surface area (Å²) in [4.78, 5) is 10.9. The van der Waals surface area contributed by atoms with Crippen molar-refractivity contribution in [1.29, 1.82) is 0 Å². The molecule has 1 aromatic carbocycles. The van der Waals surface area contributed by atoms with E-state index in [2.05, 4.69) is 9.47 Å². The van der Waals surface area contributed by atoms with Gasteiger partial charge in [0.15, 0.2) is 0 Å². The van der Waals surface area contributed by atoms with Crippen LogP contribution in [0.1, 0.15) is 17.5 Å². The van der Waals surface area contributed by atoms with Gasteiger partial charge in [0.25, 0.3) is 0 Å². The molecular formula is C13H13F3O3. The molecule has 0 aromatic heterocycles. The van der Waals surface area contributed by atoms with Crippen molar-refractivity contribution in [2.75, 3.05) is 14.2 Å². The first kappa shape index (κ1) is 15.1. The first-order valence-corrected chi connectivity index (χ1v) is 5.37. The molecule has 19 heavy (non-hydrogen) atoms. The molecule has 0 saturated heterocycles. The minimum Gasteiger partial charge on any atom is -0.496 e. The minimum absolute atomic E-state index is 0.00385. The van der Waals surface area contributed by atoms with Crippen LogP contribution in [0.5, 0.6) is 5.75 Å². The molecule has 0 aliphatic heterocycles. The molecule has 0 radical (unpaired) electrons. The Labute approximate surface area is 108 Å². The first-order chi connectivity index (χ1) is 8.88. The highest BCUT2D eigenvalue weighted by molar-refractivity contribution is 5.72. The number of ether oxygens (including phenoxy) is 2. The highest BCUT2D eigenvalue weighted by Gasteiger charge is 2.34. The zero-order chi connectivity index (χ0) is 14.5. The predicted octanol–water partition coefficient (Wildman–Crippen LogP) is 3.29. The summed E-state index contributed by atoms with van der Waals surface area (Å²) >= 11 is 0. The number of halogens is 3. The molecule has 0 N–H and O–H groups in total. The first-order valence-electron chi connectivity index (χ1n) is 5.37. The van der Waals surface area contributed by atoms with Crippen molar-refractivity contribution in [2.24, 2.45) is 0 Å². The van der Waals surface area contributed by atoms with Crippen molar-refractivity contribution in [1.82, 2.24) is 0 Å². The van der Waals surface area contributed by atoms with E-state index in [1.165, 1.54) is 38.5 Å². The van der Waals surface area contributed by atoms with Gasteiger partial charge >= 0.3 is 12.1 Å². The van der Waals surface area contributed by atoms with E-state index in [4.69, 9.17) is 0 Å². The Balaban J connectivity index is 2.96. The van der Waals surface area contributed by atoms with Crippen LogP contribution < -0.4 is 4.74 Å². The molecule has 0 saturated carbocycles. The maximum absolute atomic E-state index is 12.7. The molecule has 1 aromatic rings. The lowest BCUT2D eigenvalue weighted by Gasteiger charge is -2.12. The Kier molecular flexibility index (Phi) is 4.97. The number of hydrogen-bond acceptors (Lipinski definition) is 3. The number of carbonyl (C=O) groups is 1. The normalized spacial score (nSPS) is 11.6. The number of hydrogen-bond donors (Lipinski definition) is 0. The van der Waals surface area contributed by atoms with Gasteiger partial charge in [0.1, 0.15) is 5.75 Å². The Morgan fingerprint density at radius 2 is 2.00 bits per heavy atom. The fourth-order valence-electron chi connectivity index (χ4n) is 1.43.